The number of aliphatic carboxylic acids is 1. The van der Waals surface area contributed by atoms with Crippen molar-refractivity contribution in [3.63, 3.8) is 0 Å². The molecule has 0 spiro atoms. The molecule has 1 aromatic rings. The van der Waals surface area contributed by atoms with Gasteiger partial charge < -0.3 is 15.6 Å². The van der Waals surface area contributed by atoms with Crippen LogP contribution in [0.2, 0.25) is 0 Å². The minimum absolute atomic E-state index is 0.0397. The Labute approximate surface area is 135 Å². The Morgan fingerprint density at radius 3 is 2.36 bits per heavy atom. The summed E-state index contributed by atoms with van der Waals surface area (Å²) in [5.41, 5.74) is 6.55. The van der Waals surface area contributed by atoms with Crippen molar-refractivity contribution in [1.29, 1.82) is 0 Å². The molecule has 0 bridgehead atoms. The fourth-order valence-electron chi connectivity index (χ4n) is 1.73. The highest BCUT2D eigenvalue weighted by molar-refractivity contribution is 8.13. The van der Waals surface area contributed by atoms with Crippen molar-refractivity contribution in [3.05, 3.63) is 29.8 Å². The number of carbonyl (C=O) groups excluding carboxylic acids is 1. The molecule has 6 heteroatoms. The van der Waals surface area contributed by atoms with Crippen LogP contribution in [0.4, 0.5) is 0 Å². The van der Waals surface area contributed by atoms with E-state index in [1.54, 1.807) is 0 Å². The summed E-state index contributed by atoms with van der Waals surface area (Å²) in [6.45, 7) is 5.93. The zero-order chi connectivity index (χ0) is 16.8. The van der Waals surface area contributed by atoms with E-state index in [1.165, 1.54) is 0 Å². The van der Waals surface area contributed by atoms with Crippen LogP contribution >= 0.6 is 11.8 Å². The molecule has 0 aromatic heterocycles. The molecular formula is C16H23NO4S. The fraction of sp³-hybridized carbons (Fsp3) is 0.500. The summed E-state index contributed by atoms with van der Waals surface area (Å²) in [5, 5.41) is 8.35. The quantitative estimate of drug-likeness (QED) is 0.800. The Morgan fingerprint density at radius 2 is 1.86 bits per heavy atom. The number of rotatable bonds is 7. The van der Waals surface area contributed by atoms with Crippen molar-refractivity contribution in [2.75, 3.05) is 5.75 Å². The lowest BCUT2D eigenvalue weighted by Crippen LogP contribution is -2.31. The molecule has 1 atom stereocenters. The molecular weight excluding hydrogens is 302 g/mol. The molecule has 0 saturated heterocycles. The summed E-state index contributed by atoms with van der Waals surface area (Å²) < 4.78 is 5.73. The molecule has 0 amide bonds. The van der Waals surface area contributed by atoms with E-state index in [9.17, 15) is 9.59 Å². The Hall–Kier alpha value is -1.53. The monoisotopic (exact) mass is 325 g/mol. The van der Waals surface area contributed by atoms with Crippen molar-refractivity contribution >= 4 is 22.8 Å². The summed E-state index contributed by atoms with van der Waals surface area (Å²) in [5.74, 6) is 0.107. The summed E-state index contributed by atoms with van der Waals surface area (Å²) in [7, 11) is 0. The third kappa shape index (κ3) is 7.47. The molecule has 1 unspecified atom stereocenters. The van der Waals surface area contributed by atoms with Crippen LogP contribution in [-0.2, 0) is 16.0 Å². The Morgan fingerprint density at radius 1 is 1.27 bits per heavy atom. The lowest BCUT2D eigenvalue weighted by molar-refractivity contribution is -0.136. The standard InChI is InChI=1S/C16H23NO4S/c1-16(2,3)21-12-6-4-11(5-7-12)10-13(17)15(20)22-9-8-14(18)19/h4-7,13H,8-10,17H2,1-3H3,(H,18,19). The first-order valence-corrected chi connectivity index (χ1v) is 8.08. The van der Waals surface area contributed by atoms with Gasteiger partial charge in [-0.3, -0.25) is 9.59 Å². The number of carbonyl (C=O) groups is 2. The van der Waals surface area contributed by atoms with Gasteiger partial charge in [-0.1, -0.05) is 23.9 Å². The number of hydrogen-bond donors (Lipinski definition) is 2. The first kappa shape index (κ1) is 18.5. The van der Waals surface area contributed by atoms with Crippen molar-refractivity contribution < 1.29 is 19.4 Å². The molecule has 1 rings (SSSR count). The van der Waals surface area contributed by atoms with Gasteiger partial charge in [-0.25, -0.2) is 0 Å². The maximum absolute atomic E-state index is 11.8. The molecule has 1 aromatic carbocycles. The van der Waals surface area contributed by atoms with Gasteiger partial charge in [0, 0.05) is 5.75 Å². The molecule has 0 heterocycles. The first-order valence-electron chi connectivity index (χ1n) is 7.09. The van der Waals surface area contributed by atoms with Gasteiger partial charge in [0.2, 0.25) is 5.12 Å². The highest BCUT2D eigenvalue weighted by Crippen LogP contribution is 2.19. The van der Waals surface area contributed by atoms with E-state index < -0.39 is 12.0 Å². The predicted octanol–water partition coefficient (Wildman–Crippen LogP) is 2.47. The second-order valence-electron chi connectivity index (χ2n) is 5.98. The zero-order valence-electron chi connectivity index (χ0n) is 13.2. The number of hydrogen-bond acceptors (Lipinski definition) is 5. The van der Waals surface area contributed by atoms with Crippen LogP contribution in [0.3, 0.4) is 0 Å². The van der Waals surface area contributed by atoms with Gasteiger partial charge in [0.1, 0.15) is 11.4 Å². The molecule has 0 saturated carbocycles. The van der Waals surface area contributed by atoms with Gasteiger partial charge in [-0.2, -0.15) is 0 Å². The van der Waals surface area contributed by atoms with Crippen LogP contribution in [0.5, 0.6) is 5.75 Å². The normalized spacial score (nSPS) is 12.7. The van der Waals surface area contributed by atoms with Gasteiger partial charge in [0.25, 0.3) is 0 Å². The van der Waals surface area contributed by atoms with Crippen LogP contribution < -0.4 is 10.5 Å². The molecule has 0 aliphatic carbocycles. The molecule has 0 radical (unpaired) electrons. The zero-order valence-corrected chi connectivity index (χ0v) is 14.0. The average Bonchev–Trinajstić information content (AvgIpc) is 2.38. The van der Waals surface area contributed by atoms with Crippen molar-refractivity contribution in [2.24, 2.45) is 5.73 Å². The van der Waals surface area contributed by atoms with Crippen molar-refractivity contribution in [1.82, 2.24) is 0 Å². The number of thioether (sulfide) groups is 1. The minimum atomic E-state index is -0.914. The topological polar surface area (TPSA) is 89.6 Å². The number of carboxylic acids is 1. The number of carboxylic acid groups (broad SMARTS) is 1. The van der Waals surface area contributed by atoms with E-state index >= 15 is 0 Å². The Kier molecular flexibility index (Phi) is 6.90. The SMILES string of the molecule is CC(C)(C)Oc1ccc(CC(N)C(=O)SCCC(=O)O)cc1. The number of nitrogens with two attached hydrogens (primary N) is 1. The number of ether oxygens (including phenoxy) is 1. The van der Waals surface area contributed by atoms with E-state index in [2.05, 4.69) is 0 Å². The van der Waals surface area contributed by atoms with E-state index in [4.69, 9.17) is 15.6 Å². The smallest absolute Gasteiger partial charge is 0.304 e. The summed E-state index contributed by atoms with van der Waals surface area (Å²) in [4.78, 5) is 22.2. The van der Waals surface area contributed by atoms with Crippen LogP contribution in [0.15, 0.2) is 24.3 Å². The van der Waals surface area contributed by atoms with Crippen LogP contribution in [-0.4, -0.2) is 33.6 Å². The van der Waals surface area contributed by atoms with E-state index in [-0.39, 0.29) is 22.9 Å². The van der Waals surface area contributed by atoms with Gasteiger partial charge in [0.15, 0.2) is 0 Å². The van der Waals surface area contributed by atoms with Gasteiger partial charge in [-0.15, -0.1) is 0 Å². The third-order valence-corrected chi connectivity index (χ3v) is 3.66. The second kappa shape index (κ2) is 8.19. The summed E-state index contributed by atoms with van der Waals surface area (Å²) in [6.07, 6.45) is 0.386. The van der Waals surface area contributed by atoms with Crippen molar-refractivity contribution in [3.8, 4) is 5.75 Å². The Balaban J connectivity index is 2.48. The highest BCUT2D eigenvalue weighted by Gasteiger charge is 2.16. The summed E-state index contributed by atoms with van der Waals surface area (Å²) >= 11 is 0.974. The maximum Gasteiger partial charge on any atom is 0.304 e. The third-order valence-electron chi connectivity index (χ3n) is 2.67. The van der Waals surface area contributed by atoms with Gasteiger partial charge in [0.05, 0.1) is 12.5 Å². The van der Waals surface area contributed by atoms with E-state index in [0.29, 0.717) is 6.42 Å². The van der Waals surface area contributed by atoms with E-state index in [0.717, 1.165) is 23.1 Å². The maximum atomic E-state index is 11.8. The van der Waals surface area contributed by atoms with Crippen molar-refractivity contribution in [2.45, 2.75) is 45.3 Å². The second-order valence-corrected chi connectivity index (χ2v) is 7.08. The van der Waals surface area contributed by atoms with E-state index in [1.807, 2.05) is 45.0 Å². The molecule has 3 N–H and O–H groups in total. The Bertz CT molecular complexity index is 508. The lowest BCUT2D eigenvalue weighted by Gasteiger charge is -2.21. The molecule has 0 fully saturated rings. The van der Waals surface area contributed by atoms with Gasteiger partial charge in [-0.05, 0) is 44.9 Å². The first-order chi connectivity index (χ1) is 10.2. The van der Waals surface area contributed by atoms with Crippen LogP contribution in [0.1, 0.15) is 32.8 Å². The average molecular weight is 325 g/mol. The minimum Gasteiger partial charge on any atom is -0.488 e. The molecule has 0 aliphatic rings. The van der Waals surface area contributed by atoms with Gasteiger partial charge >= 0.3 is 5.97 Å². The molecule has 22 heavy (non-hydrogen) atoms. The fourth-order valence-corrected chi connectivity index (χ4v) is 2.51. The lowest BCUT2D eigenvalue weighted by atomic mass is 10.1. The largest absolute Gasteiger partial charge is 0.488 e. The number of benzene rings is 1. The molecule has 0 aliphatic heterocycles. The summed E-state index contributed by atoms with van der Waals surface area (Å²) in [6, 6.07) is 6.85. The van der Waals surface area contributed by atoms with Crippen LogP contribution in [0.25, 0.3) is 0 Å². The van der Waals surface area contributed by atoms with Crippen LogP contribution in [0, 0.1) is 0 Å². The predicted molar refractivity (Wildman–Crippen MR) is 88.2 cm³/mol. The highest BCUT2D eigenvalue weighted by atomic mass is 32.2. The molecule has 5 nitrogen and oxygen atoms in total. The molecule has 122 valence electrons.